The van der Waals surface area contributed by atoms with Crippen LogP contribution in [0.15, 0.2) is 0 Å². The molecular formula is C7H16ClN3O3. The molecule has 0 aromatic rings. The van der Waals surface area contributed by atoms with Crippen molar-refractivity contribution in [2.45, 2.75) is 0 Å². The summed E-state index contributed by atoms with van der Waals surface area (Å²) in [5, 5.41) is 11.0. The first-order chi connectivity index (χ1) is 6.20. The van der Waals surface area contributed by atoms with Crippen LogP contribution in [0.2, 0.25) is 0 Å². The van der Waals surface area contributed by atoms with E-state index >= 15 is 0 Å². The number of likely N-dealkylation sites (N-methyl/N-ethyl adjacent to an activating group) is 1. The number of morpholine rings is 1. The monoisotopic (exact) mass is 225 g/mol. The zero-order valence-corrected chi connectivity index (χ0v) is 9.03. The predicted molar refractivity (Wildman–Crippen MR) is 54.1 cm³/mol. The summed E-state index contributed by atoms with van der Waals surface area (Å²) in [4.78, 5) is 12.4. The van der Waals surface area contributed by atoms with Gasteiger partial charge in [-0.15, -0.1) is 17.4 Å². The van der Waals surface area contributed by atoms with Gasteiger partial charge >= 0.3 is 0 Å². The number of nitro groups is 1. The fourth-order valence-corrected chi connectivity index (χ4v) is 1.19. The summed E-state index contributed by atoms with van der Waals surface area (Å²) in [7, 11) is 1.49. The van der Waals surface area contributed by atoms with Gasteiger partial charge in [-0.2, -0.15) is 0 Å². The molecule has 7 heteroatoms. The average molecular weight is 226 g/mol. The molecule has 0 aromatic carbocycles. The van der Waals surface area contributed by atoms with E-state index < -0.39 is 0 Å². The number of hydrazine groups is 1. The minimum absolute atomic E-state index is 0. The van der Waals surface area contributed by atoms with Crippen molar-refractivity contribution in [3.63, 3.8) is 0 Å². The lowest BCUT2D eigenvalue weighted by Gasteiger charge is -2.26. The fourth-order valence-electron chi connectivity index (χ4n) is 1.19. The molecule has 1 saturated heterocycles. The summed E-state index contributed by atoms with van der Waals surface area (Å²) >= 11 is 0. The van der Waals surface area contributed by atoms with E-state index in [0.29, 0.717) is 6.54 Å². The van der Waals surface area contributed by atoms with E-state index in [1.54, 1.807) is 0 Å². The van der Waals surface area contributed by atoms with Crippen molar-refractivity contribution in [1.29, 1.82) is 0 Å². The number of halogens is 1. The summed E-state index contributed by atoms with van der Waals surface area (Å²) in [5.41, 5.74) is 0. The van der Waals surface area contributed by atoms with Gasteiger partial charge in [0.1, 0.15) is 0 Å². The molecule has 1 heterocycles. The molecular weight excluding hydrogens is 210 g/mol. The molecule has 0 N–H and O–H groups in total. The van der Waals surface area contributed by atoms with Crippen molar-refractivity contribution in [2.75, 3.05) is 46.4 Å². The molecule has 0 aromatic heterocycles. The Hall–Kier alpha value is -0.590. The molecule has 0 saturated carbocycles. The predicted octanol–water partition coefficient (Wildman–Crippen LogP) is -0.136. The summed E-state index contributed by atoms with van der Waals surface area (Å²) in [6, 6.07) is 0. The third-order valence-electron chi connectivity index (χ3n) is 2.12. The molecule has 0 unspecified atom stereocenters. The van der Waals surface area contributed by atoms with E-state index in [-0.39, 0.29) is 17.4 Å². The first-order valence-corrected chi connectivity index (χ1v) is 4.35. The van der Waals surface area contributed by atoms with Crippen LogP contribution in [-0.2, 0) is 4.74 Å². The smallest absolute Gasteiger partial charge is 0.159 e. The van der Waals surface area contributed by atoms with Crippen molar-refractivity contribution in [1.82, 2.24) is 9.91 Å². The molecule has 1 fully saturated rings. The van der Waals surface area contributed by atoms with Gasteiger partial charge in [0.2, 0.25) is 0 Å². The molecule has 0 spiro atoms. The van der Waals surface area contributed by atoms with Gasteiger partial charge in [0.05, 0.1) is 26.8 Å². The molecule has 6 nitrogen and oxygen atoms in total. The second-order valence-electron chi connectivity index (χ2n) is 3.07. The topological polar surface area (TPSA) is 58.8 Å². The van der Waals surface area contributed by atoms with E-state index in [4.69, 9.17) is 4.74 Å². The summed E-state index contributed by atoms with van der Waals surface area (Å²) in [5.74, 6) is 0. The summed E-state index contributed by atoms with van der Waals surface area (Å²) in [6.07, 6.45) is 0. The maximum absolute atomic E-state index is 10.3. The van der Waals surface area contributed by atoms with Crippen molar-refractivity contribution < 1.29 is 9.77 Å². The lowest BCUT2D eigenvalue weighted by molar-refractivity contribution is -0.648. The number of hydrogen-bond acceptors (Lipinski definition) is 4. The Morgan fingerprint density at radius 3 is 2.57 bits per heavy atom. The third-order valence-corrected chi connectivity index (χ3v) is 2.12. The van der Waals surface area contributed by atoms with Crippen molar-refractivity contribution in [2.24, 2.45) is 0 Å². The molecule has 1 rings (SSSR count). The Morgan fingerprint density at radius 2 is 2.07 bits per heavy atom. The van der Waals surface area contributed by atoms with Gasteiger partial charge in [-0.25, -0.2) is 10.1 Å². The number of hydrogen-bond donors (Lipinski definition) is 0. The molecule has 84 valence electrons. The second kappa shape index (κ2) is 6.80. The van der Waals surface area contributed by atoms with E-state index in [9.17, 15) is 10.1 Å². The SMILES string of the molecule is CN(CCN1CCOCC1)[N+](=O)[O-].Cl. The second-order valence-corrected chi connectivity index (χ2v) is 3.07. The molecule has 1 aliphatic heterocycles. The highest BCUT2D eigenvalue weighted by atomic mass is 35.5. The number of ether oxygens (including phenoxy) is 1. The van der Waals surface area contributed by atoms with E-state index in [0.717, 1.165) is 37.9 Å². The van der Waals surface area contributed by atoms with Crippen LogP contribution in [0.1, 0.15) is 0 Å². The van der Waals surface area contributed by atoms with Gasteiger partial charge in [-0.3, -0.25) is 4.90 Å². The quantitative estimate of drug-likeness (QED) is 0.493. The third kappa shape index (κ3) is 4.59. The van der Waals surface area contributed by atoms with Crippen LogP contribution in [0.5, 0.6) is 0 Å². The first kappa shape index (κ1) is 13.4. The van der Waals surface area contributed by atoms with Gasteiger partial charge in [0.25, 0.3) is 0 Å². The zero-order valence-electron chi connectivity index (χ0n) is 8.22. The van der Waals surface area contributed by atoms with E-state index in [1.165, 1.54) is 7.05 Å². The number of rotatable bonds is 4. The van der Waals surface area contributed by atoms with Gasteiger partial charge in [0.15, 0.2) is 5.03 Å². The standard InChI is InChI=1S/C7H15N3O3.ClH/c1-8(10(11)12)2-3-9-4-6-13-7-5-9;/h2-7H2,1H3;1H. The van der Waals surface area contributed by atoms with Gasteiger partial charge in [0, 0.05) is 19.6 Å². The lowest BCUT2D eigenvalue weighted by atomic mass is 10.4. The average Bonchev–Trinajstić information content (AvgIpc) is 2.15. The van der Waals surface area contributed by atoms with E-state index in [1.807, 2.05) is 0 Å². The van der Waals surface area contributed by atoms with Gasteiger partial charge < -0.3 is 4.74 Å². The van der Waals surface area contributed by atoms with Crippen LogP contribution >= 0.6 is 12.4 Å². The van der Waals surface area contributed by atoms with Crippen LogP contribution in [0, 0.1) is 10.1 Å². The highest BCUT2D eigenvalue weighted by Gasteiger charge is 2.13. The highest BCUT2D eigenvalue weighted by molar-refractivity contribution is 5.85. The fraction of sp³-hybridized carbons (Fsp3) is 1.00. The highest BCUT2D eigenvalue weighted by Crippen LogP contribution is 1.96. The largest absolute Gasteiger partial charge is 0.379 e. The van der Waals surface area contributed by atoms with Gasteiger partial charge in [-0.05, 0) is 0 Å². The summed E-state index contributed by atoms with van der Waals surface area (Å²) < 4.78 is 5.16. The number of nitrogens with zero attached hydrogens (tertiary/aromatic N) is 3. The van der Waals surface area contributed by atoms with Crippen LogP contribution < -0.4 is 0 Å². The molecule has 0 radical (unpaired) electrons. The minimum Gasteiger partial charge on any atom is -0.379 e. The zero-order chi connectivity index (χ0) is 9.68. The molecule has 1 aliphatic rings. The van der Waals surface area contributed by atoms with Crippen LogP contribution in [0.25, 0.3) is 0 Å². The summed E-state index contributed by atoms with van der Waals surface area (Å²) in [6.45, 7) is 4.44. The van der Waals surface area contributed by atoms with Crippen molar-refractivity contribution >= 4 is 12.4 Å². The van der Waals surface area contributed by atoms with Crippen LogP contribution in [-0.4, -0.2) is 61.4 Å². The Balaban J connectivity index is 0.00000169. The van der Waals surface area contributed by atoms with Crippen LogP contribution in [0.3, 0.4) is 0 Å². The molecule has 0 atom stereocenters. The molecule has 14 heavy (non-hydrogen) atoms. The minimum atomic E-state index is -0.388. The van der Waals surface area contributed by atoms with Gasteiger partial charge in [-0.1, -0.05) is 0 Å². The van der Waals surface area contributed by atoms with Crippen molar-refractivity contribution in [3.8, 4) is 0 Å². The molecule has 0 bridgehead atoms. The molecule has 0 aliphatic carbocycles. The molecule has 0 amide bonds. The van der Waals surface area contributed by atoms with Crippen molar-refractivity contribution in [3.05, 3.63) is 10.1 Å². The Kier molecular flexibility index (Phi) is 6.52. The maximum atomic E-state index is 10.3. The van der Waals surface area contributed by atoms with Crippen LogP contribution in [0.4, 0.5) is 0 Å². The maximum Gasteiger partial charge on any atom is 0.159 e. The first-order valence-electron chi connectivity index (χ1n) is 4.35. The lowest BCUT2D eigenvalue weighted by Crippen LogP contribution is -2.41. The van der Waals surface area contributed by atoms with E-state index in [2.05, 4.69) is 4.90 Å². The Labute approximate surface area is 89.3 Å². The normalized spacial score (nSPS) is 17.2. The Bertz CT molecular complexity index is 176. The Morgan fingerprint density at radius 1 is 1.50 bits per heavy atom.